The molecule has 0 spiro atoms. The van der Waals surface area contributed by atoms with Crippen LogP contribution in [0.15, 0.2) is 152 Å². The van der Waals surface area contributed by atoms with Gasteiger partial charge in [0.05, 0.1) is 142 Å². The van der Waals surface area contributed by atoms with Crippen LogP contribution in [0.1, 0.15) is 118 Å². The van der Waals surface area contributed by atoms with Crippen molar-refractivity contribution in [3.05, 3.63) is 203 Å². The van der Waals surface area contributed by atoms with Crippen LogP contribution in [0.25, 0.3) is 0 Å². The van der Waals surface area contributed by atoms with Crippen LogP contribution in [0, 0.1) is 30.6 Å². The predicted molar refractivity (Wildman–Crippen MR) is 416 cm³/mol. The zero-order valence-corrected chi connectivity index (χ0v) is 68.9. The Morgan fingerprint density at radius 3 is 1.32 bits per heavy atom. The fourth-order valence-electron chi connectivity index (χ4n) is 14.3. The van der Waals surface area contributed by atoms with Gasteiger partial charge in [-0.1, -0.05) is 127 Å². The van der Waals surface area contributed by atoms with Crippen LogP contribution < -0.4 is 0 Å². The maximum absolute atomic E-state index is 14.1. The van der Waals surface area contributed by atoms with Crippen LogP contribution in [0.4, 0.5) is 0 Å². The Morgan fingerprint density at radius 1 is 0.413 bits per heavy atom. The summed E-state index contributed by atoms with van der Waals surface area (Å²) in [5.74, 6) is -9.03. The lowest BCUT2D eigenvalue weighted by molar-refractivity contribution is -0.347. The van der Waals surface area contributed by atoms with Crippen molar-refractivity contribution in [2.75, 3.05) is 25.7 Å². The number of benzene rings is 4. The number of rotatable bonds is 37. The van der Waals surface area contributed by atoms with Crippen molar-refractivity contribution in [3.63, 3.8) is 0 Å². The third-order valence-corrected chi connectivity index (χ3v) is 21.8. The summed E-state index contributed by atoms with van der Waals surface area (Å²) in [4.78, 5) is 92.8. The molecular weight excluding hydrogens is 1620 g/mol. The molecule has 0 radical (unpaired) electrons. The van der Waals surface area contributed by atoms with Crippen molar-refractivity contribution in [2.45, 2.75) is 206 Å². The zero-order valence-electron chi connectivity index (χ0n) is 67.4. The summed E-state index contributed by atoms with van der Waals surface area (Å²) < 4.78 is 107. The zero-order chi connectivity index (χ0) is 85.3. The minimum atomic E-state index is -1.94. The van der Waals surface area contributed by atoms with Gasteiger partial charge in [-0.05, 0) is 61.4 Å². The van der Waals surface area contributed by atoms with E-state index in [1.807, 2.05) is 13.8 Å². The number of esters is 7. The van der Waals surface area contributed by atoms with Crippen LogP contribution in [-0.4, -0.2) is 234 Å². The Labute approximate surface area is 704 Å². The number of carbonyl (C=O) groups excluding carboxylic acids is 7. The van der Waals surface area contributed by atoms with Crippen molar-refractivity contribution in [1.82, 2.24) is 75.0 Å². The SMILES string of the molecule is CC(=O)OC[C@H]1O[C@H](O[C@]2(CCl)O[C@H](Cn3cc(COCc4cn(C[C@H]5O[C@H](OCc6cn(CCOCCn7cc(CO[C@H]8O[C@H](Cn9cc(C)nn9)[C@@H](OC(=O)c9ccccc9)[C@H](OC(=O)c9ccccc9)[C@@H]8C)nn7)nn6)[C@@H](OC(=O)c6ccccc6)[C@@H](OC(=O)c6ccccc6)[C@@H]5C)nn4)nn3)[C@@H](OC(C)=O)[C@@H]2OC(C)=O)[C@H](C)[C@@H](C)[C@H]1Cl. The summed E-state index contributed by atoms with van der Waals surface area (Å²) in [6, 6.07) is 33.6. The molecule has 4 aromatic carbocycles. The van der Waals surface area contributed by atoms with Gasteiger partial charge >= 0.3 is 41.8 Å². The van der Waals surface area contributed by atoms with Crippen molar-refractivity contribution >= 4 is 65.0 Å². The average molecular weight is 1720 g/mol. The third-order valence-electron chi connectivity index (χ3n) is 20.7. The minimum Gasteiger partial charge on any atom is -0.463 e. The molecule has 40 heteroatoms. The fourth-order valence-corrected chi connectivity index (χ4v) is 14.9. The summed E-state index contributed by atoms with van der Waals surface area (Å²) in [6.45, 7) is 13.2. The van der Waals surface area contributed by atoms with Crippen molar-refractivity contribution < 1.29 is 109 Å². The first-order valence-electron chi connectivity index (χ1n) is 39.3. The molecule has 0 aliphatic carbocycles. The highest BCUT2D eigenvalue weighted by molar-refractivity contribution is 6.21. The molecule has 19 atom stereocenters. The lowest BCUT2D eigenvalue weighted by Crippen LogP contribution is -2.58. The van der Waals surface area contributed by atoms with E-state index in [2.05, 4.69) is 51.6 Å². The number of hydrogen-bond acceptors (Lipinski definition) is 33. The van der Waals surface area contributed by atoms with E-state index in [1.54, 1.807) is 187 Å². The maximum Gasteiger partial charge on any atom is 0.338 e. The molecule has 4 aliphatic heterocycles. The molecule has 0 bridgehead atoms. The highest BCUT2D eigenvalue weighted by atomic mass is 35.5. The highest BCUT2D eigenvalue weighted by Crippen LogP contribution is 2.44. The number of carbonyl (C=O) groups is 7. The lowest BCUT2D eigenvalue weighted by atomic mass is 9.86. The largest absolute Gasteiger partial charge is 0.463 e. The molecule has 121 heavy (non-hydrogen) atoms. The van der Waals surface area contributed by atoms with Crippen LogP contribution in [-0.2, 0) is 149 Å². The fraction of sp³-hybridized carbons (Fsp3) is 0.494. The first-order chi connectivity index (χ1) is 58.4. The van der Waals surface area contributed by atoms with E-state index in [4.69, 9.17) is 99.0 Å². The highest BCUT2D eigenvalue weighted by Gasteiger charge is 2.62. The summed E-state index contributed by atoms with van der Waals surface area (Å²) in [5.41, 5.74) is 3.33. The van der Waals surface area contributed by atoms with E-state index >= 15 is 0 Å². The molecule has 644 valence electrons. The topological polar surface area (TPSA) is 421 Å². The molecule has 0 amide bonds. The lowest BCUT2D eigenvalue weighted by Gasteiger charge is -2.45. The molecule has 4 fully saturated rings. The quantitative estimate of drug-likeness (QED) is 0.0167. The monoisotopic (exact) mass is 1710 g/mol. The summed E-state index contributed by atoms with van der Waals surface area (Å²) in [7, 11) is 0. The van der Waals surface area contributed by atoms with E-state index in [9.17, 15) is 33.6 Å². The predicted octanol–water partition coefficient (Wildman–Crippen LogP) is 6.83. The minimum absolute atomic E-state index is 0.0324. The van der Waals surface area contributed by atoms with E-state index in [1.165, 1.54) is 30.1 Å². The van der Waals surface area contributed by atoms with Crippen LogP contribution in [0.2, 0.25) is 0 Å². The molecule has 13 rings (SSSR count). The standard InChI is InChI=1S/C81H93Cl2N15O23/c1-47-33-96(89-84-47)39-64-70(118-76(104)57-25-17-11-18-26-57)69(117-75(103)56-23-15-10-16-24-56)51(5)78(114-64)109-43-61-34-94(90-87-61)29-31-106-32-30-95-35-62(88-91-95)44-110-80-72(119-77(105)58-27-19-12-20-28-58)68(116-74(102)55-21-13-9-14-22-55)50(4)63(113-80)38-97-36-59(85-92-97)41-107-42-60-37-98(93-86-60)40-65-71(111-53(7)100)73(112-54(8)101)81(46-82,120-65)121-79-49(3)48(2)67(83)66(115-79)45-108-52(6)99/h9-28,33-37,48-51,63-73,78-80H,29-32,38-46H2,1-8H3/t48-,49-,50-,51+,63-,64-,65-,66-,67-,68+,69-,70-,71-,72+,73+,78+,79-,80+,81+/m1/s1. The summed E-state index contributed by atoms with van der Waals surface area (Å²) >= 11 is 13.5. The second kappa shape index (κ2) is 41.1. The van der Waals surface area contributed by atoms with Crippen molar-refractivity contribution in [3.8, 4) is 0 Å². The average Bonchev–Trinajstić information content (AvgIpc) is 1.60. The number of aromatic nitrogens is 15. The van der Waals surface area contributed by atoms with Crippen molar-refractivity contribution in [2.24, 2.45) is 23.7 Å². The van der Waals surface area contributed by atoms with Gasteiger partial charge in [-0.25, -0.2) is 42.6 Å². The summed E-state index contributed by atoms with van der Waals surface area (Å²) in [5, 5.41) is 42.3. The molecule has 4 aliphatic rings. The smallest absolute Gasteiger partial charge is 0.338 e. The van der Waals surface area contributed by atoms with Gasteiger partial charge in [0.2, 0.25) is 5.79 Å². The first kappa shape index (κ1) is 87.9. The third kappa shape index (κ3) is 22.8. The molecular formula is C81H93Cl2N15O23. The van der Waals surface area contributed by atoms with Gasteiger partial charge in [0.1, 0.15) is 59.9 Å². The molecule has 5 aromatic heterocycles. The molecule has 0 unspecified atom stereocenters. The number of ether oxygens (including phenoxy) is 16. The van der Waals surface area contributed by atoms with Crippen LogP contribution in [0.5, 0.6) is 0 Å². The first-order valence-corrected chi connectivity index (χ1v) is 40.3. The van der Waals surface area contributed by atoms with Crippen LogP contribution in [0.3, 0.4) is 0 Å². The van der Waals surface area contributed by atoms with E-state index < -0.39 is 151 Å². The Balaban J connectivity index is 0.623. The van der Waals surface area contributed by atoms with Gasteiger partial charge in [-0.3, -0.25) is 14.4 Å². The van der Waals surface area contributed by atoms with Gasteiger partial charge in [0, 0.05) is 44.7 Å². The number of aryl methyl sites for hydroxylation is 1. The van der Waals surface area contributed by atoms with E-state index in [0.29, 0.717) is 46.1 Å². The van der Waals surface area contributed by atoms with Gasteiger partial charge in [0.15, 0.2) is 43.3 Å². The normalized spacial score (nSPS) is 26.5. The van der Waals surface area contributed by atoms with E-state index in [-0.39, 0.29) is 95.4 Å². The second-order valence-corrected chi connectivity index (χ2v) is 30.5. The van der Waals surface area contributed by atoms with Gasteiger partial charge in [0.25, 0.3) is 0 Å². The van der Waals surface area contributed by atoms with Crippen LogP contribution >= 0.6 is 23.2 Å². The number of alkyl halides is 2. The molecule has 9 heterocycles. The molecule has 0 saturated carbocycles. The molecule has 38 nitrogen and oxygen atoms in total. The number of hydrogen-bond donors (Lipinski definition) is 0. The Hall–Kier alpha value is -10.9. The maximum atomic E-state index is 14.1. The Morgan fingerprint density at radius 2 is 0.835 bits per heavy atom. The van der Waals surface area contributed by atoms with Gasteiger partial charge < -0.3 is 75.8 Å². The van der Waals surface area contributed by atoms with Crippen molar-refractivity contribution in [1.29, 1.82) is 0 Å². The number of halogens is 2. The number of nitrogens with zero attached hydrogens (tertiary/aromatic N) is 15. The molecule has 4 saturated heterocycles. The Bertz CT molecular complexity index is 4920. The molecule has 0 N–H and O–H groups in total. The molecule has 9 aromatic rings. The summed E-state index contributed by atoms with van der Waals surface area (Å²) in [6.07, 6.45) is -6.08. The van der Waals surface area contributed by atoms with Gasteiger partial charge in [-0.2, -0.15) is 0 Å². The second-order valence-electron chi connectivity index (χ2n) is 29.7. The van der Waals surface area contributed by atoms with Gasteiger partial charge in [-0.15, -0.1) is 48.7 Å². The van der Waals surface area contributed by atoms with E-state index in [0.717, 1.165) is 0 Å². The Kier molecular flexibility index (Phi) is 29.9.